The standard InChI is InChI=1S/C14H16N2O2/c15-9-13-7-4-8-16(14(13)17)11-18-10-12-5-2-1-3-6-12/h1-8H,9-11,15H2. The Morgan fingerprint density at radius 1 is 1.11 bits per heavy atom. The summed E-state index contributed by atoms with van der Waals surface area (Å²) in [6.45, 7) is 0.972. The second kappa shape index (κ2) is 6.14. The molecule has 1 heterocycles. The quantitative estimate of drug-likeness (QED) is 0.866. The van der Waals surface area contributed by atoms with E-state index in [1.807, 2.05) is 30.3 Å². The Kier molecular flexibility index (Phi) is 4.28. The van der Waals surface area contributed by atoms with Crippen LogP contribution in [0.4, 0.5) is 0 Å². The molecule has 1 aromatic heterocycles. The van der Waals surface area contributed by atoms with Crippen LogP contribution in [0.1, 0.15) is 11.1 Å². The van der Waals surface area contributed by atoms with Gasteiger partial charge in [0.15, 0.2) is 0 Å². The van der Waals surface area contributed by atoms with Crippen molar-refractivity contribution in [2.75, 3.05) is 0 Å². The van der Waals surface area contributed by atoms with Crippen LogP contribution in [0, 0.1) is 0 Å². The molecule has 0 fully saturated rings. The fourth-order valence-corrected chi connectivity index (χ4v) is 1.68. The van der Waals surface area contributed by atoms with E-state index in [9.17, 15) is 4.79 Å². The highest BCUT2D eigenvalue weighted by molar-refractivity contribution is 5.13. The van der Waals surface area contributed by atoms with Crippen LogP contribution < -0.4 is 11.3 Å². The largest absolute Gasteiger partial charge is 0.356 e. The first-order valence-corrected chi connectivity index (χ1v) is 5.81. The SMILES string of the molecule is NCc1cccn(COCc2ccccc2)c1=O. The lowest BCUT2D eigenvalue weighted by atomic mass is 10.2. The van der Waals surface area contributed by atoms with E-state index in [0.29, 0.717) is 12.2 Å². The monoisotopic (exact) mass is 244 g/mol. The molecule has 0 bridgehead atoms. The minimum atomic E-state index is -0.0898. The summed E-state index contributed by atoms with van der Waals surface area (Å²) in [4.78, 5) is 11.8. The van der Waals surface area contributed by atoms with Crippen LogP contribution in [0.25, 0.3) is 0 Å². The average Bonchev–Trinajstić information content (AvgIpc) is 2.42. The van der Waals surface area contributed by atoms with Crippen molar-refractivity contribution in [2.45, 2.75) is 19.9 Å². The minimum Gasteiger partial charge on any atom is -0.356 e. The molecule has 2 aromatic rings. The molecule has 0 aliphatic carbocycles. The van der Waals surface area contributed by atoms with E-state index >= 15 is 0 Å². The molecule has 1 aromatic carbocycles. The molecule has 0 aliphatic heterocycles. The summed E-state index contributed by atoms with van der Waals surface area (Å²) in [6.07, 6.45) is 1.70. The molecule has 0 aliphatic rings. The number of benzene rings is 1. The molecule has 2 rings (SSSR count). The zero-order chi connectivity index (χ0) is 12.8. The predicted molar refractivity (Wildman–Crippen MR) is 69.8 cm³/mol. The summed E-state index contributed by atoms with van der Waals surface area (Å²) < 4.78 is 7.03. The Balaban J connectivity index is 1.97. The fraction of sp³-hybridized carbons (Fsp3) is 0.214. The summed E-state index contributed by atoms with van der Waals surface area (Å²) >= 11 is 0. The van der Waals surface area contributed by atoms with Gasteiger partial charge in [-0.15, -0.1) is 0 Å². The maximum atomic E-state index is 11.8. The fourth-order valence-electron chi connectivity index (χ4n) is 1.68. The molecule has 0 saturated heterocycles. The Bertz CT molecular complexity index is 549. The normalized spacial score (nSPS) is 10.5. The maximum absolute atomic E-state index is 11.8. The lowest BCUT2D eigenvalue weighted by molar-refractivity contribution is 0.0616. The van der Waals surface area contributed by atoms with Crippen molar-refractivity contribution in [1.29, 1.82) is 0 Å². The molecular formula is C14H16N2O2. The smallest absolute Gasteiger partial charge is 0.256 e. The molecule has 2 N–H and O–H groups in total. The summed E-state index contributed by atoms with van der Waals surface area (Å²) in [5.41, 5.74) is 7.08. The van der Waals surface area contributed by atoms with Crippen molar-refractivity contribution in [3.05, 3.63) is 70.1 Å². The maximum Gasteiger partial charge on any atom is 0.256 e. The van der Waals surface area contributed by atoms with Crippen LogP contribution in [-0.2, 0) is 24.6 Å². The van der Waals surface area contributed by atoms with Gasteiger partial charge in [0.05, 0.1) is 6.61 Å². The van der Waals surface area contributed by atoms with Gasteiger partial charge in [-0.05, 0) is 11.6 Å². The highest BCUT2D eigenvalue weighted by Crippen LogP contribution is 2.01. The number of nitrogens with zero attached hydrogens (tertiary/aromatic N) is 1. The van der Waals surface area contributed by atoms with Crippen LogP contribution in [-0.4, -0.2) is 4.57 Å². The molecule has 0 unspecified atom stereocenters. The third-order valence-electron chi connectivity index (χ3n) is 2.66. The average molecular weight is 244 g/mol. The van der Waals surface area contributed by atoms with Gasteiger partial charge in [0.2, 0.25) is 0 Å². The van der Waals surface area contributed by atoms with Gasteiger partial charge in [-0.1, -0.05) is 36.4 Å². The predicted octanol–water partition coefficient (Wildman–Crippen LogP) is 1.48. The lowest BCUT2D eigenvalue weighted by Crippen LogP contribution is -2.25. The highest BCUT2D eigenvalue weighted by Gasteiger charge is 2.01. The van der Waals surface area contributed by atoms with Crippen molar-refractivity contribution in [3.63, 3.8) is 0 Å². The number of hydrogen-bond acceptors (Lipinski definition) is 3. The molecule has 0 radical (unpaired) electrons. The van der Waals surface area contributed by atoms with Gasteiger partial charge in [0.1, 0.15) is 6.73 Å². The second-order valence-electron chi connectivity index (χ2n) is 3.98. The van der Waals surface area contributed by atoms with E-state index in [1.54, 1.807) is 18.3 Å². The van der Waals surface area contributed by atoms with Crippen molar-refractivity contribution >= 4 is 0 Å². The van der Waals surface area contributed by atoms with E-state index in [1.165, 1.54) is 4.57 Å². The third kappa shape index (κ3) is 3.06. The molecule has 4 nitrogen and oxygen atoms in total. The Hall–Kier alpha value is -1.91. The molecule has 4 heteroatoms. The first-order valence-electron chi connectivity index (χ1n) is 5.81. The lowest BCUT2D eigenvalue weighted by Gasteiger charge is -2.08. The van der Waals surface area contributed by atoms with Crippen molar-refractivity contribution in [1.82, 2.24) is 4.57 Å². The van der Waals surface area contributed by atoms with Gasteiger partial charge in [0.25, 0.3) is 5.56 Å². The summed E-state index contributed by atoms with van der Waals surface area (Å²) in [5, 5.41) is 0. The number of rotatable bonds is 5. The highest BCUT2D eigenvalue weighted by atomic mass is 16.5. The topological polar surface area (TPSA) is 57.2 Å². The van der Waals surface area contributed by atoms with Crippen LogP contribution in [0.5, 0.6) is 0 Å². The molecule has 0 spiro atoms. The molecule has 94 valence electrons. The summed E-state index contributed by atoms with van der Waals surface area (Å²) in [5.74, 6) is 0. The van der Waals surface area contributed by atoms with Gasteiger partial charge in [-0.2, -0.15) is 0 Å². The second-order valence-corrected chi connectivity index (χ2v) is 3.98. The first-order chi connectivity index (χ1) is 8.81. The molecule has 18 heavy (non-hydrogen) atoms. The van der Waals surface area contributed by atoms with E-state index < -0.39 is 0 Å². The molecule has 0 amide bonds. The zero-order valence-corrected chi connectivity index (χ0v) is 10.1. The number of aromatic nitrogens is 1. The summed E-state index contributed by atoms with van der Waals surface area (Å²) in [7, 11) is 0. The van der Waals surface area contributed by atoms with E-state index in [0.717, 1.165) is 5.56 Å². The van der Waals surface area contributed by atoms with E-state index in [4.69, 9.17) is 10.5 Å². The van der Waals surface area contributed by atoms with Gasteiger partial charge in [0, 0.05) is 18.3 Å². The Labute approximate surface area is 106 Å². The van der Waals surface area contributed by atoms with Gasteiger partial charge in [-0.3, -0.25) is 9.36 Å². The molecular weight excluding hydrogens is 228 g/mol. The first kappa shape index (κ1) is 12.5. The van der Waals surface area contributed by atoms with E-state index in [2.05, 4.69) is 0 Å². The minimum absolute atomic E-state index is 0.0898. The zero-order valence-electron chi connectivity index (χ0n) is 10.1. The van der Waals surface area contributed by atoms with Crippen LogP contribution in [0.2, 0.25) is 0 Å². The number of pyridine rings is 1. The summed E-state index contributed by atoms with van der Waals surface area (Å²) in [6, 6.07) is 13.4. The van der Waals surface area contributed by atoms with Crippen LogP contribution in [0.3, 0.4) is 0 Å². The van der Waals surface area contributed by atoms with E-state index in [-0.39, 0.29) is 18.8 Å². The van der Waals surface area contributed by atoms with Crippen LogP contribution >= 0.6 is 0 Å². The number of ether oxygens (including phenoxy) is 1. The van der Waals surface area contributed by atoms with Crippen molar-refractivity contribution in [3.8, 4) is 0 Å². The van der Waals surface area contributed by atoms with Gasteiger partial charge in [-0.25, -0.2) is 0 Å². The van der Waals surface area contributed by atoms with Gasteiger partial charge < -0.3 is 10.5 Å². The van der Waals surface area contributed by atoms with Crippen molar-refractivity contribution in [2.24, 2.45) is 5.73 Å². The van der Waals surface area contributed by atoms with Crippen LogP contribution in [0.15, 0.2) is 53.5 Å². The number of nitrogens with two attached hydrogens (primary N) is 1. The Morgan fingerprint density at radius 3 is 2.61 bits per heavy atom. The van der Waals surface area contributed by atoms with Gasteiger partial charge >= 0.3 is 0 Å². The molecule has 0 atom stereocenters. The molecule has 0 saturated carbocycles. The Morgan fingerprint density at radius 2 is 1.89 bits per heavy atom. The van der Waals surface area contributed by atoms with Crippen molar-refractivity contribution < 1.29 is 4.74 Å². The number of hydrogen-bond donors (Lipinski definition) is 1. The third-order valence-corrected chi connectivity index (χ3v) is 2.66.